The van der Waals surface area contributed by atoms with E-state index in [9.17, 15) is 4.79 Å². The molecule has 2 rings (SSSR count). The summed E-state index contributed by atoms with van der Waals surface area (Å²) in [5.41, 5.74) is 8.47. The van der Waals surface area contributed by atoms with Gasteiger partial charge in [0, 0.05) is 18.0 Å². The van der Waals surface area contributed by atoms with Crippen molar-refractivity contribution in [3.05, 3.63) is 16.0 Å². The molecule has 0 bridgehead atoms. The first-order valence-corrected chi connectivity index (χ1v) is 7.90. The Morgan fingerprint density at radius 1 is 1.37 bits per heavy atom. The summed E-state index contributed by atoms with van der Waals surface area (Å²) in [5, 5.41) is 0.708. The van der Waals surface area contributed by atoms with E-state index in [2.05, 4.69) is 13.8 Å². The van der Waals surface area contributed by atoms with Gasteiger partial charge in [0.25, 0.3) is 5.91 Å². The Balaban J connectivity index is 2.38. The van der Waals surface area contributed by atoms with Crippen LogP contribution in [-0.2, 0) is 12.8 Å². The van der Waals surface area contributed by atoms with Crippen molar-refractivity contribution < 1.29 is 4.79 Å². The molecule has 106 valence electrons. The molecule has 4 heteroatoms. The minimum Gasteiger partial charge on any atom is -0.390 e. The van der Waals surface area contributed by atoms with Gasteiger partial charge in [0.05, 0.1) is 10.6 Å². The van der Waals surface area contributed by atoms with Crippen molar-refractivity contribution in [3.63, 3.8) is 0 Å². The van der Waals surface area contributed by atoms with Gasteiger partial charge in [-0.15, -0.1) is 11.3 Å². The summed E-state index contributed by atoms with van der Waals surface area (Å²) in [7, 11) is 0. The van der Waals surface area contributed by atoms with Crippen LogP contribution >= 0.6 is 11.3 Å². The van der Waals surface area contributed by atoms with Gasteiger partial charge in [-0.1, -0.05) is 13.8 Å². The monoisotopic (exact) mass is 280 g/mol. The molecule has 3 nitrogen and oxygen atoms in total. The van der Waals surface area contributed by atoms with Crippen LogP contribution in [0.2, 0.25) is 0 Å². The molecule has 2 N–H and O–H groups in total. The standard InChI is InChI=1S/C15H24N2OS/c1-5-17(6-2)14(18)12-10-7-8-15(3,4)9-11(10)19-13(12)16/h5-9,16H2,1-4H3. The second-order valence-corrected chi connectivity index (χ2v) is 7.20. The van der Waals surface area contributed by atoms with Crippen molar-refractivity contribution in [1.82, 2.24) is 4.90 Å². The summed E-state index contributed by atoms with van der Waals surface area (Å²) in [5.74, 6) is 0.111. The Morgan fingerprint density at radius 2 is 2.00 bits per heavy atom. The lowest BCUT2D eigenvalue weighted by molar-refractivity contribution is 0.0772. The number of thiophene rings is 1. The topological polar surface area (TPSA) is 46.3 Å². The van der Waals surface area contributed by atoms with Gasteiger partial charge in [-0.25, -0.2) is 0 Å². The van der Waals surface area contributed by atoms with Crippen LogP contribution in [0.15, 0.2) is 0 Å². The van der Waals surface area contributed by atoms with Crippen LogP contribution in [0.4, 0.5) is 5.00 Å². The van der Waals surface area contributed by atoms with Crippen LogP contribution in [0.25, 0.3) is 0 Å². The minimum absolute atomic E-state index is 0.111. The molecule has 19 heavy (non-hydrogen) atoms. The lowest BCUT2D eigenvalue weighted by Crippen LogP contribution is -2.32. The van der Waals surface area contributed by atoms with E-state index in [0.29, 0.717) is 10.4 Å². The Kier molecular flexibility index (Phi) is 3.90. The van der Waals surface area contributed by atoms with Crippen LogP contribution in [0.3, 0.4) is 0 Å². The predicted molar refractivity (Wildman–Crippen MR) is 81.8 cm³/mol. The molecule has 0 aromatic carbocycles. The van der Waals surface area contributed by atoms with E-state index in [1.807, 2.05) is 18.7 Å². The zero-order chi connectivity index (χ0) is 14.2. The molecular weight excluding hydrogens is 256 g/mol. The minimum atomic E-state index is 0.111. The number of nitrogen functional groups attached to an aromatic ring is 1. The van der Waals surface area contributed by atoms with Crippen LogP contribution in [0.1, 0.15) is 54.9 Å². The summed E-state index contributed by atoms with van der Waals surface area (Å²) < 4.78 is 0. The van der Waals surface area contributed by atoms with Gasteiger partial charge in [-0.05, 0) is 44.1 Å². The second-order valence-electron chi connectivity index (χ2n) is 6.06. The summed E-state index contributed by atoms with van der Waals surface area (Å²) in [6, 6.07) is 0. The first-order chi connectivity index (χ1) is 8.89. The van der Waals surface area contributed by atoms with Gasteiger partial charge in [-0.2, -0.15) is 0 Å². The maximum atomic E-state index is 12.6. The zero-order valence-corrected chi connectivity index (χ0v) is 13.2. The average Bonchev–Trinajstić information content (AvgIpc) is 2.64. The third-order valence-electron chi connectivity index (χ3n) is 4.07. The van der Waals surface area contributed by atoms with Gasteiger partial charge in [0.15, 0.2) is 0 Å². The van der Waals surface area contributed by atoms with Crippen molar-refractivity contribution in [3.8, 4) is 0 Å². The lowest BCUT2D eigenvalue weighted by atomic mass is 9.77. The van der Waals surface area contributed by atoms with E-state index < -0.39 is 0 Å². The fourth-order valence-electron chi connectivity index (χ4n) is 2.83. The third kappa shape index (κ3) is 2.64. The number of hydrogen-bond donors (Lipinski definition) is 1. The van der Waals surface area contributed by atoms with E-state index in [0.717, 1.165) is 37.9 Å². The second kappa shape index (κ2) is 5.16. The van der Waals surface area contributed by atoms with Gasteiger partial charge in [0.1, 0.15) is 0 Å². The van der Waals surface area contributed by atoms with Crippen LogP contribution < -0.4 is 5.73 Å². The number of carbonyl (C=O) groups excluding carboxylic acids is 1. The summed E-state index contributed by atoms with van der Waals surface area (Å²) in [6.45, 7) is 10.1. The van der Waals surface area contributed by atoms with Crippen molar-refractivity contribution in [1.29, 1.82) is 0 Å². The Labute approximate surface area is 119 Å². The molecule has 0 aliphatic heterocycles. The van der Waals surface area contributed by atoms with Crippen molar-refractivity contribution in [2.45, 2.75) is 47.0 Å². The normalized spacial score (nSPS) is 17.1. The lowest BCUT2D eigenvalue weighted by Gasteiger charge is -2.30. The van der Waals surface area contributed by atoms with Gasteiger partial charge in [0.2, 0.25) is 0 Å². The number of anilines is 1. The molecular formula is C15H24N2OS. The number of hydrogen-bond acceptors (Lipinski definition) is 3. The van der Waals surface area contributed by atoms with Gasteiger partial charge >= 0.3 is 0 Å². The highest BCUT2D eigenvalue weighted by molar-refractivity contribution is 7.16. The molecule has 1 aromatic heterocycles. The number of carbonyl (C=O) groups is 1. The largest absolute Gasteiger partial charge is 0.390 e. The maximum Gasteiger partial charge on any atom is 0.257 e. The highest BCUT2D eigenvalue weighted by atomic mass is 32.1. The first kappa shape index (κ1) is 14.4. The van der Waals surface area contributed by atoms with Crippen molar-refractivity contribution in [2.75, 3.05) is 18.8 Å². The summed E-state index contributed by atoms with van der Waals surface area (Å²) in [4.78, 5) is 15.8. The van der Waals surface area contributed by atoms with Crippen LogP contribution in [-0.4, -0.2) is 23.9 Å². The molecule has 0 fully saturated rings. The van der Waals surface area contributed by atoms with Crippen LogP contribution in [0.5, 0.6) is 0 Å². The van der Waals surface area contributed by atoms with E-state index in [4.69, 9.17) is 5.73 Å². The van der Waals surface area contributed by atoms with E-state index in [1.54, 1.807) is 11.3 Å². The molecule has 0 saturated heterocycles. The predicted octanol–water partition coefficient (Wildman–Crippen LogP) is 3.33. The molecule has 0 saturated carbocycles. The molecule has 1 amide bonds. The summed E-state index contributed by atoms with van der Waals surface area (Å²) in [6.07, 6.45) is 3.16. The van der Waals surface area contributed by atoms with Crippen molar-refractivity contribution >= 4 is 22.2 Å². The average molecular weight is 280 g/mol. The zero-order valence-electron chi connectivity index (χ0n) is 12.4. The SMILES string of the molecule is CCN(CC)C(=O)c1c(N)sc2c1CCC(C)(C)C2. The van der Waals surface area contributed by atoms with E-state index in [1.165, 1.54) is 10.4 Å². The van der Waals surface area contributed by atoms with Gasteiger partial charge < -0.3 is 10.6 Å². The molecule has 0 atom stereocenters. The third-order valence-corrected chi connectivity index (χ3v) is 5.13. The Bertz CT molecular complexity index is 487. The number of rotatable bonds is 3. The number of nitrogens with zero attached hydrogens (tertiary/aromatic N) is 1. The molecule has 1 aromatic rings. The molecule has 0 unspecified atom stereocenters. The highest BCUT2D eigenvalue weighted by Gasteiger charge is 2.32. The molecule has 1 aliphatic rings. The highest BCUT2D eigenvalue weighted by Crippen LogP contribution is 2.42. The van der Waals surface area contributed by atoms with Crippen LogP contribution in [0, 0.1) is 5.41 Å². The Hall–Kier alpha value is -1.03. The molecule has 1 aliphatic carbocycles. The van der Waals surface area contributed by atoms with Crippen molar-refractivity contribution in [2.24, 2.45) is 5.41 Å². The van der Waals surface area contributed by atoms with E-state index >= 15 is 0 Å². The molecule has 0 spiro atoms. The first-order valence-electron chi connectivity index (χ1n) is 7.09. The fourth-order valence-corrected chi connectivity index (χ4v) is 4.20. The summed E-state index contributed by atoms with van der Waals surface area (Å²) >= 11 is 1.62. The molecule has 0 radical (unpaired) electrons. The smallest absolute Gasteiger partial charge is 0.257 e. The number of nitrogens with two attached hydrogens (primary N) is 1. The quantitative estimate of drug-likeness (QED) is 0.923. The van der Waals surface area contributed by atoms with E-state index in [-0.39, 0.29) is 5.91 Å². The molecule has 1 heterocycles. The fraction of sp³-hybridized carbons (Fsp3) is 0.667. The van der Waals surface area contributed by atoms with Gasteiger partial charge in [-0.3, -0.25) is 4.79 Å². The maximum absolute atomic E-state index is 12.6. The Morgan fingerprint density at radius 3 is 2.58 bits per heavy atom. The number of fused-ring (bicyclic) bond motifs is 1. The number of amides is 1.